The first-order valence-corrected chi connectivity index (χ1v) is 6.88. The van der Waals surface area contributed by atoms with E-state index in [1.165, 1.54) is 0 Å². The highest BCUT2D eigenvalue weighted by atomic mass is 16.5. The molecule has 1 aliphatic rings. The largest absolute Gasteiger partial charge is 0.484 e. The maximum atomic E-state index is 12.0. The van der Waals surface area contributed by atoms with E-state index in [0.717, 1.165) is 38.2 Å². The van der Waals surface area contributed by atoms with Crippen molar-refractivity contribution in [2.45, 2.75) is 12.8 Å². The molecule has 1 aromatic carbocycles. The summed E-state index contributed by atoms with van der Waals surface area (Å²) in [5.74, 6) is 1.40. The minimum Gasteiger partial charge on any atom is -0.484 e. The molecule has 1 aliphatic heterocycles. The van der Waals surface area contributed by atoms with Crippen molar-refractivity contribution in [3.05, 3.63) is 30.3 Å². The molecule has 1 N–H and O–H groups in total. The van der Waals surface area contributed by atoms with Crippen LogP contribution in [0, 0.1) is 5.92 Å². The van der Waals surface area contributed by atoms with Crippen molar-refractivity contribution < 1.29 is 9.53 Å². The van der Waals surface area contributed by atoms with Crippen LogP contribution in [0.5, 0.6) is 5.75 Å². The molecular weight excluding hydrogens is 240 g/mol. The average molecular weight is 262 g/mol. The molecule has 1 fully saturated rings. The number of amides is 1. The molecule has 19 heavy (non-hydrogen) atoms. The highest BCUT2D eigenvalue weighted by Gasteiger charge is 2.18. The first kappa shape index (κ1) is 13.9. The van der Waals surface area contributed by atoms with Crippen LogP contribution in [0.25, 0.3) is 0 Å². The van der Waals surface area contributed by atoms with E-state index in [4.69, 9.17) is 4.74 Å². The number of nitrogens with one attached hydrogen (secondary N) is 1. The normalized spacial score (nSPS) is 16.1. The number of hydrogen-bond donors (Lipinski definition) is 1. The molecule has 0 aromatic heterocycles. The van der Waals surface area contributed by atoms with Crippen LogP contribution in [-0.2, 0) is 4.79 Å². The highest BCUT2D eigenvalue weighted by molar-refractivity contribution is 5.77. The summed E-state index contributed by atoms with van der Waals surface area (Å²) in [5.41, 5.74) is 0. The molecule has 4 heteroatoms. The van der Waals surface area contributed by atoms with Crippen LogP contribution in [0.4, 0.5) is 0 Å². The summed E-state index contributed by atoms with van der Waals surface area (Å²) in [6, 6.07) is 9.45. The van der Waals surface area contributed by atoms with Crippen molar-refractivity contribution in [1.29, 1.82) is 0 Å². The van der Waals surface area contributed by atoms with Gasteiger partial charge in [0.1, 0.15) is 5.75 Å². The molecule has 0 aliphatic carbocycles. The summed E-state index contributed by atoms with van der Waals surface area (Å²) in [6.07, 6.45) is 2.30. The Morgan fingerprint density at radius 3 is 2.68 bits per heavy atom. The quantitative estimate of drug-likeness (QED) is 0.875. The predicted molar refractivity (Wildman–Crippen MR) is 75.2 cm³/mol. The van der Waals surface area contributed by atoms with E-state index in [9.17, 15) is 4.79 Å². The molecule has 0 radical (unpaired) electrons. The summed E-state index contributed by atoms with van der Waals surface area (Å²) in [6.45, 7) is 3.07. The smallest absolute Gasteiger partial charge is 0.260 e. The van der Waals surface area contributed by atoms with Gasteiger partial charge in [-0.25, -0.2) is 0 Å². The standard InChI is InChI=1S/C15H22N2O2/c1-17(11-13-7-9-16-10-8-13)15(18)12-19-14-5-3-2-4-6-14/h2-6,13,16H,7-12H2,1H3. The third-order valence-electron chi connectivity index (χ3n) is 3.52. The second-order valence-corrected chi connectivity index (χ2v) is 5.07. The van der Waals surface area contributed by atoms with Crippen molar-refractivity contribution in [3.63, 3.8) is 0 Å². The molecular formula is C15H22N2O2. The van der Waals surface area contributed by atoms with Crippen LogP contribution in [0.15, 0.2) is 30.3 Å². The number of ether oxygens (including phenoxy) is 1. The van der Waals surface area contributed by atoms with Crippen molar-refractivity contribution in [2.75, 3.05) is 33.3 Å². The molecule has 2 rings (SSSR count). The lowest BCUT2D eigenvalue weighted by atomic mass is 9.98. The van der Waals surface area contributed by atoms with Crippen molar-refractivity contribution in [3.8, 4) is 5.75 Å². The molecule has 4 nitrogen and oxygen atoms in total. The van der Waals surface area contributed by atoms with Gasteiger partial charge in [0.15, 0.2) is 6.61 Å². The number of rotatable bonds is 5. The van der Waals surface area contributed by atoms with Crippen molar-refractivity contribution in [1.82, 2.24) is 10.2 Å². The molecule has 1 aromatic rings. The third-order valence-corrected chi connectivity index (χ3v) is 3.52. The number of likely N-dealkylation sites (N-methyl/N-ethyl adjacent to an activating group) is 1. The Kier molecular flexibility index (Phi) is 5.21. The Hall–Kier alpha value is -1.55. The fourth-order valence-electron chi connectivity index (χ4n) is 2.33. The number of piperidine rings is 1. The Balaban J connectivity index is 1.72. The lowest BCUT2D eigenvalue weighted by Crippen LogP contribution is -2.39. The topological polar surface area (TPSA) is 41.6 Å². The van der Waals surface area contributed by atoms with E-state index < -0.39 is 0 Å². The second kappa shape index (κ2) is 7.14. The number of carbonyl (C=O) groups is 1. The molecule has 104 valence electrons. The van der Waals surface area contributed by atoms with E-state index in [1.807, 2.05) is 37.4 Å². The van der Waals surface area contributed by atoms with Gasteiger partial charge < -0.3 is 15.0 Å². The minimum absolute atomic E-state index is 0.0439. The summed E-state index contributed by atoms with van der Waals surface area (Å²) in [5, 5.41) is 3.34. The fraction of sp³-hybridized carbons (Fsp3) is 0.533. The summed E-state index contributed by atoms with van der Waals surface area (Å²) in [7, 11) is 1.86. The number of nitrogens with zero attached hydrogens (tertiary/aromatic N) is 1. The Morgan fingerprint density at radius 2 is 2.00 bits per heavy atom. The summed E-state index contributed by atoms with van der Waals surface area (Å²) < 4.78 is 5.47. The first-order chi connectivity index (χ1) is 9.25. The molecule has 0 saturated carbocycles. The zero-order valence-corrected chi connectivity index (χ0v) is 11.5. The first-order valence-electron chi connectivity index (χ1n) is 6.88. The molecule has 0 spiro atoms. The van der Waals surface area contributed by atoms with Gasteiger partial charge in [-0.2, -0.15) is 0 Å². The number of benzene rings is 1. The van der Waals surface area contributed by atoms with Gasteiger partial charge in [-0.1, -0.05) is 18.2 Å². The van der Waals surface area contributed by atoms with Crippen molar-refractivity contribution >= 4 is 5.91 Å². The molecule has 0 unspecified atom stereocenters. The number of hydrogen-bond acceptors (Lipinski definition) is 3. The predicted octanol–water partition coefficient (Wildman–Crippen LogP) is 1.52. The number of carbonyl (C=O) groups excluding carboxylic acids is 1. The van der Waals surface area contributed by atoms with Crippen LogP contribution >= 0.6 is 0 Å². The fourth-order valence-corrected chi connectivity index (χ4v) is 2.33. The van der Waals surface area contributed by atoms with Gasteiger partial charge >= 0.3 is 0 Å². The molecule has 1 heterocycles. The second-order valence-electron chi connectivity index (χ2n) is 5.07. The Bertz CT molecular complexity index is 388. The maximum Gasteiger partial charge on any atom is 0.260 e. The lowest BCUT2D eigenvalue weighted by molar-refractivity contribution is -0.132. The van der Waals surface area contributed by atoms with Gasteiger partial charge in [-0.15, -0.1) is 0 Å². The van der Waals surface area contributed by atoms with Gasteiger partial charge in [-0.05, 0) is 44.0 Å². The van der Waals surface area contributed by atoms with E-state index in [2.05, 4.69) is 5.32 Å². The van der Waals surface area contributed by atoms with Crippen LogP contribution in [-0.4, -0.2) is 44.1 Å². The van der Waals surface area contributed by atoms with E-state index in [-0.39, 0.29) is 12.5 Å². The molecule has 0 atom stereocenters. The third kappa shape index (κ3) is 4.56. The minimum atomic E-state index is 0.0439. The van der Waals surface area contributed by atoms with Crippen LogP contribution < -0.4 is 10.1 Å². The zero-order valence-electron chi connectivity index (χ0n) is 11.5. The van der Waals surface area contributed by atoms with E-state index in [0.29, 0.717) is 5.92 Å². The van der Waals surface area contributed by atoms with Gasteiger partial charge in [0.05, 0.1) is 0 Å². The van der Waals surface area contributed by atoms with Crippen LogP contribution in [0.2, 0.25) is 0 Å². The van der Waals surface area contributed by atoms with Gasteiger partial charge in [0, 0.05) is 13.6 Å². The maximum absolute atomic E-state index is 12.0. The summed E-state index contributed by atoms with van der Waals surface area (Å²) >= 11 is 0. The van der Waals surface area contributed by atoms with Crippen LogP contribution in [0.1, 0.15) is 12.8 Å². The average Bonchev–Trinajstić information content (AvgIpc) is 2.47. The van der Waals surface area contributed by atoms with Crippen LogP contribution in [0.3, 0.4) is 0 Å². The van der Waals surface area contributed by atoms with Gasteiger partial charge in [0.2, 0.25) is 0 Å². The number of para-hydroxylation sites is 1. The molecule has 0 bridgehead atoms. The molecule has 1 amide bonds. The Morgan fingerprint density at radius 1 is 1.32 bits per heavy atom. The SMILES string of the molecule is CN(CC1CCNCC1)C(=O)COc1ccccc1. The monoisotopic (exact) mass is 262 g/mol. The van der Waals surface area contributed by atoms with E-state index in [1.54, 1.807) is 4.90 Å². The van der Waals surface area contributed by atoms with Gasteiger partial charge in [-0.3, -0.25) is 4.79 Å². The van der Waals surface area contributed by atoms with Gasteiger partial charge in [0.25, 0.3) is 5.91 Å². The van der Waals surface area contributed by atoms with Crippen molar-refractivity contribution in [2.24, 2.45) is 5.92 Å². The van der Waals surface area contributed by atoms with E-state index >= 15 is 0 Å². The Labute approximate surface area is 114 Å². The molecule has 1 saturated heterocycles. The zero-order chi connectivity index (χ0) is 13.5. The highest BCUT2D eigenvalue weighted by Crippen LogP contribution is 2.13. The lowest BCUT2D eigenvalue weighted by Gasteiger charge is -2.27. The summed E-state index contributed by atoms with van der Waals surface area (Å²) in [4.78, 5) is 13.8.